The van der Waals surface area contributed by atoms with Crippen LogP contribution in [0.2, 0.25) is 0 Å². The number of sulfone groups is 1. The normalized spacial score (nSPS) is 11.9. The Balaban J connectivity index is 2.43. The first-order valence-corrected chi connectivity index (χ1v) is 9.60. The lowest BCUT2D eigenvalue weighted by atomic mass is 10.2. The van der Waals surface area contributed by atoms with Crippen molar-refractivity contribution in [2.45, 2.75) is 17.3 Å². The Morgan fingerprint density at radius 2 is 1.69 bits per heavy atom. The highest BCUT2D eigenvalue weighted by Gasteiger charge is 2.47. The van der Waals surface area contributed by atoms with Crippen LogP contribution in [-0.4, -0.2) is 26.4 Å². The van der Waals surface area contributed by atoms with Gasteiger partial charge in [0, 0.05) is 16.6 Å². The van der Waals surface area contributed by atoms with Gasteiger partial charge in [0.2, 0.25) is 0 Å². The number of nitrogens with one attached hydrogen (secondary N) is 2. The van der Waals surface area contributed by atoms with E-state index >= 15 is 0 Å². The molecule has 2 aromatic carbocycles. The van der Waals surface area contributed by atoms with Crippen molar-refractivity contribution < 1.29 is 26.4 Å². The molecule has 0 atom stereocenters. The number of halogens is 4. The fourth-order valence-electron chi connectivity index (χ4n) is 2.07. The number of hydrogen-bond donors (Lipinski definition) is 2. The molecule has 2 N–H and O–H groups in total. The highest BCUT2D eigenvalue weighted by atomic mass is 79.9. The third-order valence-electron chi connectivity index (χ3n) is 3.33. The zero-order valence-corrected chi connectivity index (χ0v) is 15.8. The summed E-state index contributed by atoms with van der Waals surface area (Å²) in [6, 6.07) is 9.10. The van der Waals surface area contributed by atoms with Crippen LogP contribution in [0.3, 0.4) is 0 Å². The van der Waals surface area contributed by atoms with Gasteiger partial charge in [-0.05, 0) is 49.4 Å². The maximum absolute atomic E-state index is 12.8. The Morgan fingerprint density at radius 3 is 2.23 bits per heavy atom. The number of benzene rings is 2. The van der Waals surface area contributed by atoms with Crippen LogP contribution in [0.5, 0.6) is 0 Å². The van der Waals surface area contributed by atoms with E-state index < -0.39 is 26.1 Å². The molecule has 0 spiro atoms. The second-order valence-electron chi connectivity index (χ2n) is 5.15. The summed E-state index contributed by atoms with van der Waals surface area (Å²) in [6.45, 7) is 2.17. The summed E-state index contributed by atoms with van der Waals surface area (Å²) in [5.41, 5.74) is -4.93. The molecule has 0 aliphatic rings. The third kappa shape index (κ3) is 4.36. The maximum atomic E-state index is 12.8. The van der Waals surface area contributed by atoms with E-state index in [9.17, 15) is 26.4 Å². The molecule has 26 heavy (non-hydrogen) atoms. The van der Waals surface area contributed by atoms with Gasteiger partial charge in [-0.1, -0.05) is 15.9 Å². The smallest absolute Gasteiger partial charge is 0.384 e. The van der Waals surface area contributed by atoms with E-state index in [1.54, 1.807) is 19.1 Å². The van der Waals surface area contributed by atoms with Crippen molar-refractivity contribution in [2.75, 3.05) is 17.2 Å². The fourth-order valence-corrected chi connectivity index (χ4v) is 3.12. The molecule has 0 bridgehead atoms. The molecule has 0 aliphatic carbocycles. The predicted octanol–water partition coefficient (Wildman–Crippen LogP) is 4.43. The van der Waals surface area contributed by atoms with E-state index in [1.165, 1.54) is 18.2 Å². The molecule has 0 fully saturated rings. The molecule has 0 saturated carbocycles. The summed E-state index contributed by atoms with van der Waals surface area (Å²) < 4.78 is 62.3. The van der Waals surface area contributed by atoms with Gasteiger partial charge in [0.25, 0.3) is 15.7 Å². The van der Waals surface area contributed by atoms with Crippen molar-refractivity contribution in [1.82, 2.24) is 0 Å². The molecular formula is C16H14BrF3N2O3S. The molecule has 0 unspecified atom stereocenters. The highest BCUT2D eigenvalue weighted by molar-refractivity contribution is 9.10. The second kappa shape index (κ2) is 7.67. The number of alkyl halides is 3. The van der Waals surface area contributed by atoms with Crippen molar-refractivity contribution in [3.05, 3.63) is 52.5 Å². The average Bonchev–Trinajstić information content (AvgIpc) is 2.56. The number of carbonyl (C=O) groups excluding carboxylic acids is 1. The highest BCUT2D eigenvalue weighted by Crippen LogP contribution is 2.34. The molecule has 5 nitrogen and oxygen atoms in total. The molecule has 0 saturated heterocycles. The van der Waals surface area contributed by atoms with Crippen molar-refractivity contribution in [3.63, 3.8) is 0 Å². The van der Waals surface area contributed by atoms with Gasteiger partial charge in [0.05, 0.1) is 16.3 Å². The first kappa shape index (κ1) is 20.2. The molecule has 0 aromatic heterocycles. The average molecular weight is 451 g/mol. The second-order valence-corrected chi connectivity index (χ2v) is 8.00. The van der Waals surface area contributed by atoms with Crippen LogP contribution >= 0.6 is 15.9 Å². The lowest BCUT2D eigenvalue weighted by Gasteiger charge is -2.15. The van der Waals surface area contributed by atoms with Crippen LogP contribution in [0.25, 0.3) is 0 Å². The summed E-state index contributed by atoms with van der Waals surface area (Å²) >= 11 is 3.23. The SMILES string of the molecule is CCNc1ccc(S(=O)(=O)C(F)(F)F)cc1NC(=O)c1ccc(Br)cc1. The number of carbonyl (C=O) groups is 1. The topological polar surface area (TPSA) is 75.3 Å². The maximum Gasteiger partial charge on any atom is 0.501 e. The lowest BCUT2D eigenvalue weighted by Crippen LogP contribution is -2.23. The van der Waals surface area contributed by atoms with Crippen molar-refractivity contribution in [1.29, 1.82) is 0 Å². The molecular weight excluding hydrogens is 437 g/mol. The summed E-state index contributed by atoms with van der Waals surface area (Å²) in [6.07, 6.45) is 0. The molecule has 140 valence electrons. The van der Waals surface area contributed by atoms with Crippen molar-refractivity contribution >= 4 is 43.0 Å². The monoisotopic (exact) mass is 450 g/mol. The van der Waals surface area contributed by atoms with Gasteiger partial charge in [0.15, 0.2) is 0 Å². The van der Waals surface area contributed by atoms with Crippen LogP contribution in [-0.2, 0) is 9.84 Å². The van der Waals surface area contributed by atoms with E-state index in [-0.39, 0.29) is 11.3 Å². The molecule has 0 aliphatic heterocycles. The first-order valence-electron chi connectivity index (χ1n) is 7.32. The Kier molecular flexibility index (Phi) is 5.97. The molecule has 10 heteroatoms. The minimum absolute atomic E-state index is 0.0647. The first-order chi connectivity index (χ1) is 12.1. The van der Waals surface area contributed by atoms with Crippen LogP contribution in [0.1, 0.15) is 17.3 Å². The van der Waals surface area contributed by atoms with E-state index in [0.717, 1.165) is 16.6 Å². The number of amides is 1. The fraction of sp³-hybridized carbons (Fsp3) is 0.188. The zero-order chi connectivity index (χ0) is 19.5. The van der Waals surface area contributed by atoms with Crippen LogP contribution in [0.4, 0.5) is 24.5 Å². The molecule has 1 amide bonds. The summed E-state index contributed by atoms with van der Waals surface area (Å²) in [7, 11) is -5.52. The van der Waals surface area contributed by atoms with Gasteiger partial charge in [-0.15, -0.1) is 0 Å². The Bertz CT molecular complexity index is 913. The van der Waals surface area contributed by atoms with E-state index in [1.807, 2.05) is 0 Å². The van der Waals surface area contributed by atoms with Crippen molar-refractivity contribution in [2.24, 2.45) is 0 Å². The van der Waals surface area contributed by atoms with Gasteiger partial charge in [-0.2, -0.15) is 13.2 Å². The summed E-state index contributed by atoms with van der Waals surface area (Å²) in [5.74, 6) is -0.585. The summed E-state index contributed by atoms with van der Waals surface area (Å²) in [5, 5.41) is 5.31. The zero-order valence-electron chi connectivity index (χ0n) is 13.4. The Morgan fingerprint density at radius 1 is 1.08 bits per heavy atom. The quantitative estimate of drug-likeness (QED) is 0.706. The third-order valence-corrected chi connectivity index (χ3v) is 5.34. The molecule has 2 rings (SSSR count). The van der Waals surface area contributed by atoms with Crippen LogP contribution in [0.15, 0.2) is 51.8 Å². The Hall–Kier alpha value is -2.07. The number of hydrogen-bond acceptors (Lipinski definition) is 4. The van der Waals surface area contributed by atoms with Gasteiger partial charge in [-0.3, -0.25) is 4.79 Å². The van der Waals surface area contributed by atoms with Crippen LogP contribution in [0, 0.1) is 0 Å². The largest absolute Gasteiger partial charge is 0.501 e. The Labute approximate surface area is 156 Å². The molecule has 2 aromatic rings. The van der Waals surface area contributed by atoms with Crippen molar-refractivity contribution in [3.8, 4) is 0 Å². The minimum Gasteiger partial charge on any atom is -0.384 e. The van der Waals surface area contributed by atoms with E-state index in [2.05, 4.69) is 26.6 Å². The predicted molar refractivity (Wildman–Crippen MR) is 95.9 cm³/mol. The summed E-state index contributed by atoms with van der Waals surface area (Å²) in [4.78, 5) is 11.4. The minimum atomic E-state index is -5.52. The lowest BCUT2D eigenvalue weighted by molar-refractivity contribution is -0.0436. The van der Waals surface area contributed by atoms with Crippen LogP contribution < -0.4 is 10.6 Å². The van der Waals surface area contributed by atoms with Gasteiger partial charge < -0.3 is 10.6 Å². The molecule has 0 heterocycles. The van der Waals surface area contributed by atoms with Gasteiger partial charge in [0.1, 0.15) is 0 Å². The number of anilines is 2. The van der Waals surface area contributed by atoms with Gasteiger partial charge >= 0.3 is 5.51 Å². The van der Waals surface area contributed by atoms with Gasteiger partial charge in [-0.25, -0.2) is 8.42 Å². The number of rotatable bonds is 5. The molecule has 0 radical (unpaired) electrons. The van der Waals surface area contributed by atoms with E-state index in [0.29, 0.717) is 12.2 Å². The van der Waals surface area contributed by atoms with E-state index in [4.69, 9.17) is 0 Å². The standard InChI is InChI=1S/C16H14BrF3N2O3S/c1-2-21-13-8-7-12(26(24,25)16(18,19)20)9-14(13)22-15(23)10-3-5-11(17)6-4-10/h3-9,21H,2H2,1H3,(H,22,23).